The predicted octanol–water partition coefficient (Wildman–Crippen LogP) is 0.291. The molecule has 0 radical (unpaired) electrons. The first-order valence-corrected chi connectivity index (χ1v) is 6.62. The summed E-state index contributed by atoms with van der Waals surface area (Å²) in [5, 5.41) is 19.8. The van der Waals surface area contributed by atoms with E-state index in [1.54, 1.807) is 0 Å². The maximum atomic E-state index is 10.1. The molecule has 0 heterocycles. The summed E-state index contributed by atoms with van der Waals surface area (Å²) in [6, 6.07) is 0. The van der Waals surface area contributed by atoms with Gasteiger partial charge < -0.3 is 19.2 Å². The molecule has 0 amide bonds. The van der Waals surface area contributed by atoms with Gasteiger partial charge in [-0.3, -0.25) is 0 Å². The summed E-state index contributed by atoms with van der Waals surface area (Å²) < 4.78 is 1.50. The monoisotopic (exact) mass is 248 g/mol. The maximum Gasteiger partial charge on any atom is 0.152 e. The van der Waals surface area contributed by atoms with Crippen LogP contribution in [0.3, 0.4) is 0 Å². The van der Waals surface area contributed by atoms with Gasteiger partial charge >= 0.3 is 0 Å². The summed E-state index contributed by atoms with van der Waals surface area (Å²) in [7, 11) is 8.39. The van der Waals surface area contributed by atoms with Gasteiger partial charge in [0.1, 0.15) is 25.7 Å². The van der Waals surface area contributed by atoms with Crippen LogP contribution in [0.1, 0.15) is 20.3 Å². The van der Waals surface area contributed by atoms with Crippen molar-refractivity contribution in [1.29, 1.82) is 0 Å². The number of rotatable bonds is 8. The van der Waals surface area contributed by atoms with Gasteiger partial charge in [0, 0.05) is 0 Å². The molecule has 0 aromatic heterocycles. The molecule has 0 aromatic rings. The van der Waals surface area contributed by atoms with Crippen LogP contribution in [0, 0.1) is 0 Å². The molecule has 4 heteroatoms. The van der Waals surface area contributed by atoms with Gasteiger partial charge in [0.15, 0.2) is 6.10 Å². The van der Waals surface area contributed by atoms with Crippen LogP contribution in [0.5, 0.6) is 0 Å². The largest absolute Gasteiger partial charge is 0.387 e. The minimum Gasteiger partial charge on any atom is -0.387 e. The molecule has 104 valence electrons. The van der Waals surface area contributed by atoms with Crippen molar-refractivity contribution < 1.29 is 19.2 Å². The van der Waals surface area contributed by atoms with Crippen molar-refractivity contribution in [2.75, 3.05) is 54.4 Å². The Bertz CT molecular complexity index is 217. The fraction of sp³-hybridized carbons (Fsp3) is 1.00. The second kappa shape index (κ2) is 6.69. The Kier molecular flexibility index (Phi) is 6.62. The van der Waals surface area contributed by atoms with Gasteiger partial charge in [0.05, 0.1) is 34.7 Å². The Morgan fingerprint density at radius 3 is 1.59 bits per heavy atom. The zero-order valence-corrected chi connectivity index (χ0v) is 12.5. The molecule has 0 aliphatic carbocycles. The van der Waals surface area contributed by atoms with Crippen molar-refractivity contribution in [3.8, 4) is 0 Å². The number of likely N-dealkylation sites (N-methyl/N-ethyl adjacent to an activating group) is 2. The Morgan fingerprint density at radius 1 is 0.765 bits per heavy atom. The van der Waals surface area contributed by atoms with Gasteiger partial charge in [-0.1, -0.05) is 6.92 Å². The van der Waals surface area contributed by atoms with Crippen molar-refractivity contribution in [3.05, 3.63) is 0 Å². The van der Waals surface area contributed by atoms with Crippen LogP contribution in [0.25, 0.3) is 0 Å². The molecule has 2 N–H and O–H groups in total. The van der Waals surface area contributed by atoms with E-state index in [-0.39, 0.29) is 12.2 Å². The van der Waals surface area contributed by atoms with Crippen molar-refractivity contribution >= 4 is 0 Å². The minimum atomic E-state index is -0.316. The van der Waals surface area contributed by atoms with E-state index in [2.05, 4.69) is 35.1 Å². The minimum absolute atomic E-state index is 0.272. The molecule has 0 bridgehead atoms. The summed E-state index contributed by atoms with van der Waals surface area (Å²) in [5.41, 5.74) is 0. The molecule has 0 rings (SSSR count). The van der Waals surface area contributed by atoms with E-state index in [9.17, 15) is 10.2 Å². The first-order chi connectivity index (χ1) is 7.62. The summed E-state index contributed by atoms with van der Waals surface area (Å²) in [4.78, 5) is 0. The van der Waals surface area contributed by atoms with Gasteiger partial charge in [0.2, 0.25) is 0 Å². The second-order valence-electron chi connectivity index (χ2n) is 6.45. The lowest BCUT2D eigenvalue weighted by Gasteiger charge is -2.36. The number of hydrogen-bond acceptors (Lipinski definition) is 2. The number of aliphatic hydroxyl groups is 2. The molecular formula is C13H32N2O2+2. The maximum absolute atomic E-state index is 10.1. The van der Waals surface area contributed by atoms with E-state index in [0.29, 0.717) is 17.6 Å². The molecular weight excluding hydrogens is 216 g/mol. The Balaban J connectivity index is 4.22. The van der Waals surface area contributed by atoms with Gasteiger partial charge in [0.25, 0.3) is 0 Å². The molecule has 0 aromatic carbocycles. The van der Waals surface area contributed by atoms with Crippen LogP contribution in [-0.4, -0.2) is 85.8 Å². The SMILES string of the molecule is CCC(O)C[N+](C)(C)CC(O)C[N+](C)(C)CC. The molecule has 0 fully saturated rings. The van der Waals surface area contributed by atoms with Gasteiger partial charge in [-0.05, 0) is 13.3 Å². The number of aliphatic hydroxyl groups excluding tert-OH is 2. The molecule has 2 unspecified atom stereocenters. The Hall–Kier alpha value is -0.160. The van der Waals surface area contributed by atoms with Gasteiger partial charge in [-0.2, -0.15) is 0 Å². The fourth-order valence-corrected chi connectivity index (χ4v) is 2.10. The first kappa shape index (κ1) is 16.8. The summed E-state index contributed by atoms with van der Waals surface area (Å²) in [5.74, 6) is 0. The van der Waals surface area contributed by atoms with E-state index in [0.717, 1.165) is 24.0 Å². The molecule has 17 heavy (non-hydrogen) atoms. The predicted molar refractivity (Wildman–Crippen MR) is 71.7 cm³/mol. The van der Waals surface area contributed by atoms with Crippen LogP contribution in [0.2, 0.25) is 0 Å². The summed E-state index contributed by atoms with van der Waals surface area (Å²) in [6.45, 7) is 7.29. The molecule has 0 spiro atoms. The summed E-state index contributed by atoms with van der Waals surface area (Å²) in [6.07, 6.45) is 0.184. The average molecular weight is 248 g/mol. The zero-order chi connectivity index (χ0) is 13.7. The lowest BCUT2D eigenvalue weighted by atomic mass is 10.2. The van der Waals surface area contributed by atoms with E-state index in [1.165, 1.54) is 0 Å². The standard InChI is InChI=1S/C13H32N2O2/c1-7-12(16)9-15(5,6)11-13(17)10-14(3,4)8-2/h12-13,16-17H,7-11H2,1-6H3/q+2. The van der Waals surface area contributed by atoms with Crippen LogP contribution in [-0.2, 0) is 0 Å². The highest BCUT2D eigenvalue weighted by atomic mass is 16.3. The first-order valence-electron chi connectivity index (χ1n) is 6.62. The highest BCUT2D eigenvalue weighted by Crippen LogP contribution is 2.07. The van der Waals surface area contributed by atoms with Crippen molar-refractivity contribution in [2.24, 2.45) is 0 Å². The average Bonchev–Trinajstić information content (AvgIpc) is 2.14. The van der Waals surface area contributed by atoms with Crippen molar-refractivity contribution in [2.45, 2.75) is 32.5 Å². The third-order valence-electron chi connectivity index (χ3n) is 3.44. The number of quaternary nitrogens is 2. The van der Waals surface area contributed by atoms with Crippen molar-refractivity contribution in [3.63, 3.8) is 0 Å². The van der Waals surface area contributed by atoms with Crippen LogP contribution in [0.15, 0.2) is 0 Å². The topological polar surface area (TPSA) is 40.5 Å². The zero-order valence-electron chi connectivity index (χ0n) is 12.5. The van der Waals surface area contributed by atoms with E-state index in [1.807, 2.05) is 6.92 Å². The Morgan fingerprint density at radius 2 is 1.18 bits per heavy atom. The highest BCUT2D eigenvalue weighted by Gasteiger charge is 2.27. The number of nitrogens with zero attached hydrogens (tertiary/aromatic N) is 2. The van der Waals surface area contributed by atoms with Crippen molar-refractivity contribution in [1.82, 2.24) is 0 Å². The molecule has 0 saturated heterocycles. The molecule has 4 nitrogen and oxygen atoms in total. The van der Waals surface area contributed by atoms with Crippen LogP contribution >= 0.6 is 0 Å². The van der Waals surface area contributed by atoms with Gasteiger partial charge in [-0.25, -0.2) is 0 Å². The van der Waals surface area contributed by atoms with E-state index < -0.39 is 0 Å². The normalized spacial score (nSPS) is 16.9. The van der Waals surface area contributed by atoms with E-state index >= 15 is 0 Å². The lowest BCUT2D eigenvalue weighted by molar-refractivity contribution is -0.915. The Labute approximate surface area is 107 Å². The van der Waals surface area contributed by atoms with Crippen LogP contribution in [0.4, 0.5) is 0 Å². The third-order valence-corrected chi connectivity index (χ3v) is 3.44. The highest BCUT2D eigenvalue weighted by molar-refractivity contribution is 4.56. The summed E-state index contributed by atoms with van der Waals surface area (Å²) >= 11 is 0. The second-order valence-corrected chi connectivity index (χ2v) is 6.45. The molecule has 0 saturated carbocycles. The molecule has 0 aliphatic rings. The molecule has 0 aliphatic heterocycles. The smallest absolute Gasteiger partial charge is 0.152 e. The van der Waals surface area contributed by atoms with Gasteiger partial charge in [-0.15, -0.1) is 0 Å². The third kappa shape index (κ3) is 7.71. The van der Waals surface area contributed by atoms with E-state index in [4.69, 9.17) is 0 Å². The molecule has 2 atom stereocenters. The lowest BCUT2D eigenvalue weighted by Crippen LogP contribution is -2.54. The van der Waals surface area contributed by atoms with Crippen LogP contribution < -0.4 is 0 Å². The number of hydrogen-bond donors (Lipinski definition) is 2. The quantitative estimate of drug-likeness (QED) is 0.606. The fourth-order valence-electron chi connectivity index (χ4n) is 2.10.